The number of alkyl halides is 1. The van der Waals surface area contributed by atoms with E-state index in [1.54, 1.807) is 0 Å². The Labute approximate surface area is 109 Å². The molecule has 82 valence electrons. The molecule has 0 N–H and O–H groups in total. The summed E-state index contributed by atoms with van der Waals surface area (Å²) in [4.78, 5) is 5.05. The van der Waals surface area contributed by atoms with Crippen LogP contribution in [0.1, 0.15) is 5.69 Å². The van der Waals surface area contributed by atoms with Gasteiger partial charge in [-0.1, -0.05) is 24.3 Å². The molecule has 2 aromatic rings. The molecule has 0 aliphatic carbocycles. The van der Waals surface area contributed by atoms with Gasteiger partial charge in [-0.2, -0.15) is 0 Å². The van der Waals surface area contributed by atoms with Crippen molar-refractivity contribution in [2.45, 2.75) is 11.3 Å². The van der Waals surface area contributed by atoms with E-state index in [9.17, 15) is 4.39 Å². The van der Waals surface area contributed by atoms with Gasteiger partial charge in [0, 0.05) is 12.1 Å². The van der Waals surface area contributed by atoms with Gasteiger partial charge in [0.1, 0.15) is 0 Å². The molecule has 0 radical (unpaired) electrons. The van der Waals surface area contributed by atoms with Crippen LogP contribution in [0.4, 0.5) is 4.39 Å². The zero-order valence-electron chi connectivity index (χ0n) is 7.84. The number of aromatic nitrogens is 1. The van der Waals surface area contributed by atoms with E-state index < -0.39 is 0 Å². The molecule has 0 aliphatic heterocycles. The summed E-state index contributed by atoms with van der Waals surface area (Å²) in [5.41, 5.74) is 1.56. The number of hydrogen-bond donors (Lipinski definition) is 0. The maximum Gasteiger partial charge on any atom is 1.00 e. The molecule has 0 bridgehead atoms. The average Bonchev–Trinajstić information content (AvgIpc) is 2.20. The summed E-state index contributed by atoms with van der Waals surface area (Å²) < 4.78 is 12.1. The number of rotatable bonds is 2. The van der Waals surface area contributed by atoms with Gasteiger partial charge < -0.3 is 12.6 Å². The van der Waals surface area contributed by atoms with Crippen LogP contribution in [0.25, 0.3) is 10.9 Å². The summed E-state index contributed by atoms with van der Waals surface area (Å²) >= 11 is 5.14. The van der Waals surface area contributed by atoms with E-state index in [1.807, 2.05) is 30.3 Å². The van der Waals surface area contributed by atoms with Crippen molar-refractivity contribution in [2.75, 3.05) is 6.67 Å². The van der Waals surface area contributed by atoms with Crippen LogP contribution in [0.15, 0.2) is 35.2 Å². The Balaban J connectivity index is 0.00000112. The van der Waals surface area contributed by atoms with Crippen LogP contribution < -0.4 is 0 Å². The van der Waals surface area contributed by atoms with Crippen LogP contribution in [-0.2, 0) is 41.4 Å². The fraction of sp³-hybridized carbons (Fsp3) is 0.182. The van der Waals surface area contributed by atoms with Gasteiger partial charge in [0.2, 0.25) is 0 Å². The fourth-order valence-electron chi connectivity index (χ4n) is 1.40. The Morgan fingerprint density at radius 3 is 2.73 bits per heavy atom. The minimum Gasteiger partial charge on any atom is -0.778 e. The molecule has 1 aromatic heterocycles. The number of halogens is 1. The first-order valence-corrected chi connectivity index (χ1v) is 4.84. The van der Waals surface area contributed by atoms with Gasteiger partial charge in [-0.25, -0.2) is 0 Å². The normalized spacial score (nSPS) is 9.93. The van der Waals surface area contributed by atoms with E-state index in [4.69, 9.17) is 12.6 Å². The van der Waals surface area contributed by atoms with Crippen LogP contribution in [0.3, 0.4) is 0 Å². The number of para-hydroxylation sites is 1. The molecule has 0 saturated carbocycles. The molecule has 1 aromatic carbocycles. The van der Waals surface area contributed by atoms with E-state index in [0.29, 0.717) is 6.42 Å². The smallest absolute Gasteiger partial charge is 0.778 e. The average molecular weight is 403 g/mol. The van der Waals surface area contributed by atoms with Gasteiger partial charge in [-0.15, -0.1) is 4.90 Å². The quantitative estimate of drug-likeness (QED) is 0.565. The minimum absolute atomic E-state index is 0. The Kier molecular flexibility index (Phi) is 4.67. The summed E-state index contributed by atoms with van der Waals surface area (Å²) in [5, 5.41) is 1.01. The summed E-state index contributed by atoms with van der Waals surface area (Å²) in [7, 11) is 0. The van der Waals surface area contributed by atoms with Crippen LogP contribution in [0.5, 0.6) is 0 Å². The van der Waals surface area contributed by atoms with Crippen molar-refractivity contribution >= 4 is 23.5 Å². The molecule has 1 heterocycles. The van der Waals surface area contributed by atoms with Crippen molar-refractivity contribution in [1.29, 1.82) is 0 Å². The second kappa shape index (κ2) is 5.56. The molecular formula is C11H9AuFNS. The molecule has 4 heteroatoms. The summed E-state index contributed by atoms with van der Waals surface area (Å²) in [6.45, 7) is -0.377. The van der Waals surface area contributed by atoms with Crippen LogP contribution in [-0.4, -0.2) is 11.7 Å². The summed E-state index contributed by atoms with van der Waals surface area (Å²) in [6, 6.07) is 9.47. The maximum atomic E-state index is 12.1. The Morgan fingerprint density at radius 2 is 2.00 bits per heavy atom. The SMILES string of the molecule is FCCc1ccc2cccc([S-])c2n1.[Au+]. The molecule has 0 unspecified atom stereocenters. The number of pyridine rings is 1. The molecule has 0 amide bonds. The van der Waals surface area contributed by atoms with Crippen LogP contribution in [0, 0.1) is 0 Å². The van der Waals surface area contributed by atoms with E-state index in [0.717, 1.165) is 21.5 Å². The molecular weight excluding hydrogens is 394 g/mol. The van der Waals surface area contributed by atoms with E-state index in [-0.39, 0.29) is 29.1 Å². The molecule has 0 atom stereocenters. The Morgan fingerprint density at radius 1 is 1.20 bits per heavy atom. The van der Waals surface area contributed by atoms with Crippen molar-refractivity contribution in [1.82, 2.24) is 4.98 Å². The first-order chi connectivity index (χ1) is 6.81. The maximum absolute atomic E-state index is 12.1. The topological polar surface area (TPSA) is 12.9 Å². The molecule has 0 fully saturated rings. The van der Waals surface area contributed by atoms with Crippen LogP contribution >= 0.6 is 0 Å². The molecule has 0 spiro atoms. The molecule has 0 aliphatic rings. The second-order valence-corrected chi connectivity index (χ2v) is 3.51. The number of hydrogen-bond acceptors (Lipinski definition) is 2. The molecule has 0 saturated heterocycles. The Hall–Kier alpha value is -0.480. The van der Waals surface area contributed by atoms with Crippen molar-refractivity contribution in [2.24, 2.45) is 0 Å². The van der Waals surface area contributed by atoms with E-state index in [2.05, 4.69) is 4.98 Å². The molecule has 15 heavy (non-hydrogen) atoms. The predicted molar refractivity (Wildman–Crippen MR) is 57.1 cm³/mol. The van der Waals surface area contributed by atoms with Crippen molar-refractivity contribution < 1.29 is 26.8 Å². The van der Waals surface area contributed by atoms with Gasteiger partial charge in [0.25, 0.3) is 0 Å². The van der Waals surface area contributed by atoms with Crippen molar-refractivity contribution in [3.8, 4) is 0 Å². The van der Waals surface area contributed by atoms with Crippen molar-refractivity contribution in [3.63, 3.8) is 0 Å². The van der Waals surface area contributed by atoms with Gasteiger partial charge >= 0.3 is 22.4 Å². The van der Waals surface area contributed by atoms with E-state index >= 15 is 0 Å². The Bertz CT molecular complexity index is 461. The van der Waals surface area contributed by atoms with E-state index in [1.165, 1.54) is 0 Å². The largest absolute Gasteiger partial charge is 1.00 e. The monoisotopic (exact) mass is 403 g/mol. The molecule has 1 nitrogen and oxygen atoms in total. The zero-order valence-corrected chi connectivity index (χ0v) is 10.8. The minimum atomic E-state index is -0.377. The predicted octanol–water partition coefficient (Wildman–Crippen LogP) is 2.65. The first-order valence-electron chi connectivity index (χ1n) is 4.43. The fourth-order valence-corrected chi connectivity index (χ4v) is 1.64. The van der Waals surface area contributed by atoms with Crippen molar-refractivity contribution in [3.05, 3.63) is 36.0 Å². The third-order valence-electron chi connectivity index (χ3n) is 2.09. The zero-order chi connectivity index (χ0) is 9.97. The number of benzene rings is 1. The van der Waals surface area contributed by atoms with Gasteiger partial charge in [0.05, 0.1) is 12.2 Å². The first kappa shape index (κ1) is 12.6. The standard InChI is InChI=1S/C11H10FNS.Au/c12-7-6-9-5-4-8-2-1-3-10(14)11(8)13-9;/h1-5,14H,6-7H2;/q;+1/p-1. The third-order valence-corrected chi connectivity index (χ3v) is 2.42. The van der Waals surface area contributed by atoms with Crippen LogP contribution in [0.2, 0.25) is 0 Å². The van der Waals surface area contributed by atoms with Gasteiger partial charge in [-0.05, 0) is 11.5 Å². The molecule has 2 rings (SSSR count). The van der Waals surface area contributed by atoms with Gasteiger partial charge in [0.15, 0.2) is 0 Å². The summed E-state index contributed by atoms with van der Waals surface area (Å²) in [6.07, 6.45) is 0.361. The number of fused-ring (bicyclic) bond motifs is 1. The number of aryl methyl sites for hydroxylation is 1. The number of nitrogens with zero attached hydrogens (tertiary/aromatic N) is 1. The van der Waals surface area contributed by atoms with Gasteiger partial charge in [-0.3, -0.25) is 9.37 Å². The summed E-state index contributed by atoms with van der Waals surface area (Å²) in [5.74, 6) is 0. The third kappa shape index (κ3) is 2.76. The second-order valence-electron chi connectivity index (χ2n) is 3.07.